The molecule has 24 heavy (non-hydrogen) atoms. The Balaban J connectivity index is 1.75. The highest BCUT2D eigenvalue weighted by Crippen LogP contribution is 2.25. The lowest BCUT2D eigenvalue weighted by atomic mass is 10.2. The van der Waals surface area contributed by atoms with E-state index in [1.54, 1.807) is 0 Å². The second-order valence-electron chi connectivity index (χ2n) is 4.77. The molecule has 120 valence electrons. The van der Waals surface area contributed by atoms with Crippen LogP contribution in [0.15, 0.2) is 59.0 Å². The predicted molar refractivity (Wildman–Crippen MR) is 93.5 cm³/mol. The molecule has 2 aromatic carbocycles. The lowest BCUT2D eigenvalue weighted by Crippen LogP contribution is -1.96. The van der Waals surface area contributed by atoms with Gasteiger partial charge < -0.3 is 5.11 Å². The minimum absolute atomic E-state index is 0.0670. The average molecular weight is 340 g/mol. The molecule has 0 aliphatic heterocycles. The number of aromatic nitrogens is 1. The van der Waals surface area contributed by atoms with Crippen LogP contribution in [0.5, 0.6) is 5.75 Å². The number of hydrazone groups is 1. The molecule has 0 bridgehead atoms. The maximum absolute atomic E-state index is 11.0. The first-order valence-electron chi connectivity index (χ1n) is 6.91. The fourth-order valence-electron chi connectivity index (χ4n) is 2.04. The Morgan fingerprint density at radius 1 is 1.25 bits per heavy atom. The van der Waals surface area contributed by atoms with E-state index >= 15 is 0 Å². The van der Waals surface area contributed by atoms with Crippen molar-refractivity contribution in [3.05, 3.63) is 69.6 Å². The largest absolute Gasteiger partial charge is 0.508 e. The van der Waals surface area contributed by atoms with Gasteiger partial charge in [-0.05, 0) is 12.1 Å². The summed E-state index contributed by atoms with van der Waals surface area (Å²) in [7, 11) is 0. The molecule has 1 aromatic heterocycles. The van der Waals surface area contributed by atoms with E-state index in [0.29, 0.717) is 5.13 Å². The lowest BCUT2D eigenvalue weighted by molar-refractivity contribution is -0.385. The summed E-state index contributed by atoms with van der Waals surface area (Å²) in [5.74, 6) is -0.0670. The van der Waals surface area contributed by atoms with Gasteiger partial charge in [-0.15, -0.1) is 11.3 Å². The van der Waals surface area contributed by atoms with Gasteiger partial charge in [-0.1, -0.05) is 30.3 Å². The third-order valence-electron chi connectivity index (χ3n) is 3.15. The number of hydrogen-bond donors (Lipinski definition) is 2. The lowest BCUT2D eigenvalue weighted by Gasteiger charge is -1.98. The highest BCUT2D eigenvalue weighted by Gasteiger charge is 2.12. The molecule has 3 rings (SSSR count). The van der Waals surface area contributed by atoms with Crippen molar-refractivity contribution in [2.24, 2.45) is 5.10 Å². The Morgan fingerprint density at radius 3 is 2.79 bits per heavy atom. The van der Waals surface area contributed by atoms with E-state index in [4.69, 9.17) is 0 Å². The fraction of sp³-hybridized carbons (Fsp3) is 0. The number of benzene rings is 2. The number of anilines is 1. The third kappa shape index (κ3) is 3.55. The van der Waals surface area contributed by atoms with Crippen LogP contribution in [0.2, 0.25) is 0 Å². The number of phenols is 1. The van der Waals surface area contributed by atoms with E-state index < -0.39 is 4.92 Å². The topological polar surface area (TPSA) is 101 Å². The summed E-state index contributed by atoms with van der Waals surface area (Å²) < 4.78 is 0. The number of nitro groups is 1. The van der Waals surface area contributed by atoms with Gasteiger partial charge in [0.2, 0.25) is 5.13 Å². The standard InChI is InChI=1S/C16H12N4O3S/c21-13-6-7-15(20(22)23)12(8-13)9-17-19-16-18-14(10-24-16)11-4-2-1-3-5-11/h1-10,21H,(H,18,19). The highest BCUT2D eigenvalue weighted by atomic mass is 32.1. The molecule has 7 nitrogen and oxygen atoms in total. The predicted octanol–water partition coefficient (Wildman–Crippen LogP) is 3.87. The van der Waals surface area contributed by atoms with Crippen molar-refractivity contribution in [3.8, 4) is 17.0 Å². The van der Waals surface area contributed by atoms with Crippen molar-refractivity contribution in [1.29, 1.82) is 0 Å². The van der Waals surface area contributed by atoms with Crippen LogP contribution in [-0.2, 0) is 0 Å². The van der Waals surface area contributed by atoms with Crippen LogP contribution < -0.4 is 5.43 Å². The Labute approximate surface area is 141 Å². The van der Waals surface area contributed by atoms with Crippen molar-refractivity contribution in [2.75, 3.05) is 5.43 Å². The van der Waals surface area contributed by atoms with Gasteiger partial charge in [-0.3, -0.25) is 15.5 Å². The fourth-order valence-corrected chi connectivity index (χ4v) is 2.70. The van der Waals surface area contributed by atoms with E-state index in [-0.39, 0.29) is 17.0 Å². The SMILES string of the molecule is O=[N+]([O-])c1ccc(O)cc1C=NNc1nc(-c2ccccc2)cs1. The van der Waals surface area contributed by atoms with E-state index in [0.717, 1.165) is 11.3 Å². The molecule has 0 amide bonds. The van der Waals surface area contributed by atoms with Gasteiger partial charge in [0.1, 0.15) is 5.75 Å². The molecule has 0 aliphatic rings. The highest BCUT2D eigenvalue weighted by molar-refractivity contribution is 7.14. The van der Waals surface area contributed by atoms with Gasteiger partial charge in [0.15, 0.2) is 0 Å². The van der Waals surface area contributed by atoms with E-state index in [1.165, 1.54) is 35.8 Å². The van der Waals surface area contributed by atoms with E-state index in [2.05, 4.69) is 15.5 Å². The maximum atomic E-state index is 11.0. The van der Waals surface area contributed by atoms with Crippen LogP contribution in [0.1, 0.15) is 5.56 Å². The van der Waals surface area contributed by atoms with Gasteiger partial charge in [0.25, 0.3) is 5.69 Å². The number of hydrogen-bond acceptors (Lipinski definition) is 7. The summed E-state index contributed by atoms with van der Waals surface area (Å²) in [6.45, 7) is 0. The Bertz CT molecular complexity index is 893. The monoisotopic (exact) mass is 340 g/mol. The summed E-state index contributed by atoms with van der Waals surface area (Å²) in [5, 5.41) is 26.8. The number of nitrogens with zero attached hydrogens (tertiary/aromatic N) is 3. The van der Waals surface area contributed by atoms with Gasteiger partial charge in [0, 0.05) is 17.0 Å². The van der Waals surface area contributed by atoms with Crippen LogP contribution in [0.25, 0.3) is 11.3 Å². The summed E-state index contributed by atoms with van der Waals surface area (Å²) in [5.41, 5.74) is 4.62. The zero-order valence-corrected chi connectivity index (χ0v) is 13.1. The van der Waals surface area contributed by atoms with Crippen LogP contribution >= 0.6 is 11.3 Å². The summed E-state index contributed by atoms with van der Waals surface area (Å²) >= 11 is 1.37. The van der Waals surface area contributed by atoms with Crippen molar-refractivity contribution in [3.63, 3.8) is 0 Å². The molecule has 0 fully saturated rings. The van der Waals surface area contributed by atoms with Gasteiger partial charge in [-0.25, -0.2) is 4.98 Å². The van der Waals surface area contributed by atoms with Crippen LogP contribution in [-0.4, -0.2) is 21.2 Å². The third-order valence-corrected chi connectivity index (χ3v) is 3.89. The number of thiazole rings is 1. The number of phenolic OH excluding ortho intramolecular Hbond substituents is 1. The molecule has 0 aliphatic carbocycles. The average Bonchev–Trinajstić information content (AvgIpc) is 3.04. The van der Waals surface area contributed by atoms with Gasteiger partial charge in [-0.2, -0.15) is 5.10 Å². The number of rotatable bonds is 5. The molecular weight excluding hydrogens is 328 g/mol. The molecule has 2 N–H and O–H groups in total. The smallest absolute Gasteiger partial charge is 0.278 e. The second-order valence-corrected chi connectivity index (χ2v) is 5.63. The molecule has 1 heterocycles. The zero-order chi connectivity index (χ0) is 16.9. The molecule has 0 saturated heterocycles. The number of aromatic hydroxyl groups is 1. The molecule has 0 radical (unpaired) electrons. The molecule has 3 aromatic rings. The van der Waals surface area contributed by atoms with Crippen molar-refractivity contribution in [1.82, 2.24) is 4.98 Å². The number of nitro benzene ring substituents is 1. The van der Waals surface area contributed by atoms with Crippen molar-refractivity contribution in [2.45, 2.75) is 0 Å². The van der Waals surface area contributed by atoms with E-state index in [9.17, 15) is 15.2 Å². The van der Waals surface area contributed by atoms with Gasteiger partial charge >= 0.3 is 0 Å². The molecule has 0 spiro atoms. The van der Waals surface area contributed by atoms with Crippen molar-refractivity contribution >= 4 is 28.4 Å². The molecule has 0 saturated carbocycles. The molecule has 8 heteroatoms. The Kier molecular flexibility index (Phi) is 4.48. The summed E-state index contributed by atoms with van der Waals surface area (Å²) in [6, 6.07) is 13.5. The van der Waals surface area contributed by atoms with Crippen molar-refractivity contribution < 1.29 is 10.0 Å². The number of nitrogens with one attached hydrogen (secondary N) is 1. The maximum Gasteiger partial charge on any atom is 0.278 e. The Hall–Kier alpha value is -3.26. The first-order chi connectivity index (χ1) is 11.6. The normalized spacial score (nSPS) is 10.8. The quantitative estimate of drug-likeness (QED) is 0.417. The molecule has 0 unspecified atom stereocenters. The van der Waals surface area contributed by atoms with E-state index in [1.807, 2.05) is 35.7 Å². The molecular formula is C16H12N4O3S. The first-order valence-corrected chi connectivity index (χ1v) is 7.79. The zero-order valence-electron chi connectivity index (χ0n) is 12.3. The van der Waals surface area contributed by atoms with Gasteiger partial charge in [0.05, 0.1) is 22.4 Å². The summed E-state index contributed by atoms with van der Waals surface area (Å²) in [4.78, 5) is 14.8. The Morgan fingerprint density at radius 2 is 2.04 bits per heavy atom. The van der Waals surface area contributed by atoms with Crippen LogP contribution in [0, 0.1) is 10.1 Å². The minimum Gasteiger partial charge on any atom is -0.508 e. The van der Waals surface area contributed by atoms with Crippen LogP contribution in [0.3, 0.4) is 0 Å². The minimum atomic E-state index is -0.530. The second kappa shape index (κ2) is 6.88. The summed E-state index contributed by atoms with van der Waals surface area (Å²) in [6.07, 6.45) is 1.28. The van der Waals surface area contributed by atoms with Crippen LogP contribution in [0.4, 0.5) is 10.8 Å². The molecule has 0 atom stereocenters. The first kappa shape index (κ1) is 15.6.